The lowest BCUT2D eigenvalue weighted by Crippen LogP contribution is -2.48. The van der Waals surface area contributed by atoms with Gasteiger partial charge in [-0.1, -0.05) is 18.2 Å². The Morgan fingerprint density at radius 2 is 1.95 bits per heavy atom. The molecule has 1 aromatic carbocycles. The van der Waals surface area contributed by atoms with Crippen LogP contribution < -0.4 is 10.9 Å². The van der Waals surface area contributed by atoms with E-state index in [2.05, 4.69) is 10.3 Å². The number of carbonyl (C=O) groups excluding carboxylic acids is 1. The molecule has 4 N–H and O–H groups in total. The van der Waals surface area contributed by atoms with Crippen molar-refractivity contribution in [2.24, 2.45) is 0 Å². The number of pyridine rings is 1. The molecule has 1 aromatic heterocycles. The molecule has 0 spiro atoms. The Hall–Kier alpha value is -2.67. The number of aliphatic hydroxyl groups is 1. The van der Waals surface area contributed by atoms with Crippen LogP contribution >= 0.6 is 0 Å². The minimum Gasteiger partial charge on any atom is -0.480 e. The van der Waals surface area contributed by atoms with Crippen molar-refractivity contribution in [3.05, 3.63) is 46.4 Å². The minimum atomic E-state index is -1.45. The van der Waals surface area contributed by atoms with Gasteiger partial charge in [0.15, 0.2) is 6.04 Å². The van der Waals surface area contributed by atoms with Gasteiger partial charge in [0.05, 0.1) is 6.10 Å². The van der Waals surface area contributed by atoms with Crippen molar-refractivity contribution in [1.29, 1.82) is 0 Å². The van der Waals surface area contributed by atoms with E-state index in [1.54, 1.807) is 24.3 Å². The molecule has 2 rings (SSSR count). The lowest BCUT2D eigenvalue weighted by molar-refractivity contribution is -0.141. The fourth-order valence-electron chi connectivity index (χ4n) is 1.94. The normalized spacial score (nSPS) is 13.6. The number of aliphatic hydroxyl groups excluding tert-OH is 1. The van der Waals surface area contributed by atoms with E-state index in [0.717, 1.165) is 0 Å². The molecule has 0 unspecified atom stereocenters. The zero-order valence-corrected chi connectivity index (χ0v) is 11.2. The van der Waals surface area contributed by atoms with Crippen molar-refractivity contribution < 1.29 is 19.8 Å². The average molecular weight is 290 g/mol. The summed E-state index contributed by atoms with van der Waals surface area (Å²) in [5.74, 6) is -2.13. The van der Waals surface area contributed by atoms with Crippen LogP contribution in [0.15, 0.2) is 35.1 Å². The number of aromatic nitrogens is 1. The number of fused-ring (bicyclic) bond motifs is 1. The highest BCUT2D eigenvalue weighted by molar-refractivity contribution is 5.98. The number of aromatic amines is 1. The van der Waals surface area contributed by atoms with E-state index < -0.39 is 29.6 Å². The Labute approximate surface area is 119 Å². The summed E-state index contributed by atoms with van der Waals surface area (Å²) in [7, 11) is 0. The maximum atomic E-state index is 12.0. The second kappa shape index (κ2) is 5.76. The summed E-state index contributed by atoms with van der Waals surface area (Å²) in [5.41, 5.74) is -0.507. The Morgan fingerprint density at radius 1 is 1.29 bits per heavy atom. The first kappa shape index (κ1) is 14.7. The van der Waals surface area contributed by atoms with Crippen molar-refractivity contribution in [2.75, 3.05) is 0 Å². The van der Waals surface area contributed by atoms with Gasteiger partial charge < -0.3 is 20.5 Å². The lowest BCUT2D eigenvalue weighted by Gasteiger charge is -2.16. The van der Waals surface area contributed by atoms with Crippen molar-refractivity contribution >= 4 is 22.6 Å². The smallest absolute Gasteiger partial charge is 0.328 e. The predicted octanol–water partition coefficient (Wildman–Crippen LogP) is 0.0919. The molecular formula is C14H14N2O5. The van der Waals surface area contributed by atoms with E-state index in [4.69, 9.17) is 5.11 Å². The van der Waals surface area contributed by atoms with E-state index >= 15 is 0 Å². The van der Waals surface area contributed by atoms with Crippen LogP contribution in [0.4, 0.5) is 0 Å². The van der Waals surface area contributed by atoms with Crippen molar-refractivity contribution in [2.45, 2.75) is 19.1 Å². The Morgan fingerprint density at radius 3 is 2.57 bits per heavy atom. The Bertz CT molecular complexity index is 750. The number of benzene rings is 1. The number of carbonyl (C=O) groups is 2. The molecule has 0 bridgehead atoms. The van der Waals surface area contributed by atoms with Crippen LogP contribution in [-0.2, 0) is 4.79 Å². The highest BCUT2D eigenvalue weighted by atomic mass is 16.4. The quantitative estimate of drug-likeness (QED) is 0.636. The zero-order chi connectivity index (χ0) is 15.6. The molecule has 0 aliphatic rings. The molecule has 2 atom stereocenters. The van der Waals surface area contributed by atoms with Gasteiger partial charge in [0.1, 0.15) is 5.69 Å². The standard InChI is InChI=1S/C14H14N2O5/c1-7(17)11(14(20)21)16-13(19)10-6-8-4-2-3-5-9(8)12(18)15-10/h2-7,11,17H,1H3,(H,15,18)(H,16,19)(H,20,21)/t7-,11+/m1/s1. The largest absolute Gasteiger partial charge is 0.480 e. The third-order valence-corrected chi connectivity index (χ3v) is 3.03. The van der Waals surface area contributed by atoms with Crippen LogP contribution in [0, 0.1) is 0 Å². The summed E-state index contributed by atoms with van der Waals surface area (Å²) in [4.78, 5) is 37.2. The molecule has 7 heteroatoms. The van der Waals surface area contributed by atoms with Crippen molar-refractivity contribution in [3.63, 3.8) is 0 Å². The molecule has 0 saturated carbocycles. The third kappa shape index (κ3) is 3.09. The SMILES string of the molecule is C[C@@H](O)[C@H](NC(=O)c1cc2ccccc2c(=O)[nH]1)C(=O)O. The van der Waals surface area contributed by atoms with Gasteiger partial charge in [-0.05, 0) is 24.4 Å². The highest BCUT2D eigenvalue weighted by Crippen LogP contribution is 2.10. The van der Waals surface area contributed by atoms with Crippen LogP contribution in [0.5, 0.6) is 0 Å². The van der Waals surface area contributed by atoms with E-state index in [1.165, 1.54) is 13.0 Å². The maximum absolute atomic E-state index is 12.0. The summed E-state index contributed by atoms with van der Waals surface area (Å²) < 4.78 is 0. The van der Waals surface area contributed by atoms with Gasteiger partial charge in [0.2, 0.25) is 0 Å². The first-order chi connectivity index (χ1) is 9.90. The molecule has 7 nitrogen and oxygen atoms in total. The number of nitrogens with one attached hydrogen (secondary N) is 2. The van der Waals surface area contributed by atoms with Crippen LogP contribution in [0.25, 0.3) is 10.8 Å². The zero-order valence-electron chi connectivity index (χ0n) is 11.2. The number of H-pyrrole nitrogens is 1. The van der Waals surface area contributed by atoms with Gasteiger partial charge in [-0.15, -0.1) is 0 Å². The first-order valence-corrected chi connectivity index (χ1v) is 6.24. The van der Waals surface area contributed by atoms with Gasteiger partial charge in [0.25, 0.3) is 11.5 Å². The van der Waals surface area contributed by atoms with Gasteiger partial charge in [-0.2, -0.15) is 0 Å². The van der Waals surface area contributed by atoms with Gasteiger partial charge in [-0.3, -0.25) is 9.59 Å². The fourth-order valence-corrected chi connectivity index (χ4v) is 1.94. The molecule has 0 fully saturated rings. The molecule has 0 aliphatic carbocycles. The maximum Gasteiger partial charge on any atom is 0.328 e. The molecule has 0 aliphatic heterocycles. The fraction of sp³-hybridized carbons (Fsp3) is 0.214. The number of hydrogen-bond donors (Lipinski definition) is 4. The molecule has 0 radical (unpaired) electrons. The van der Waals surface area contributed by atoms with Crippen LogP contribution in [0.3, 0.4) is 0 Å². The second-order valence-electron chi connectivity index (χ2n) is 4.63. The topological polar surface area (TPSA) is 119 Å². The number of amides is 1. The number of carboxylic acid groups (broad SMARTS) is 1. The third-order valence-electron chi connectivity index (χ3n) is 3.03. The van der Waals surface area contributed by atoms with E-state index in [9.17, 15) is 19.5 Å². The summed E-state index contributed by atoms with van der Waals surface area (Å²) in [6, 6.07) is 6.71. The second-order valence-corrected chi connectivity index (χ2v) is 4.63. The van der Waals surface area contributed by atoms with Crippen LogP contribution in [0.1, 0.15) is 17.4 Å². The Balaban J connectivity index is 2.36. The van der Waals surface area contributed by atoms with Crippen molar-refractivity contribution in [3.8, 4) is 0 Å². The number of carboxylic acids is 1. The monoisotopic (exact) mass is 290 g/mol. The molecule has 2 aromatic rings. The lowest BCUT2D eigenvalue weighted by atomic mass is 10.1. The summed E-state index contributed by atoms with van der Waals surface area (Å²) >= 11 is 0. The summed E-state index contributed by atoms with van der Waals surface area (Å²) in [6.45, 7) is 1.25. The summed E-state index contributed by atoms with van der Waals surface area (Å²) in [5, 5.41) is 21.4. The predicted molar refractivity (Wildman–Crippen MR) is 75.1 cm³/mol. The van der Waals surface area contributed by atoms with E-state index in [-0.39, 0.29) is 5.69 Å². The molecule has 0 saturated heterocycles. The van der Waals surface area contributed by atoms with E-state index in [0.29, 0.717) is 10.8 Å². The first-order valence-electron chi connectivity index (χ1n) is 6.24. The van der Waals surface area contributed by atoms with Gasteiger partial charge in [-0.25, -0.2) is 4.79 Å². The summed E-state index contributed by atoms with van der Waals surface area (Å²) in [6.07, 6.45) is -1.27. The average Bonchev–Trinajstić information content (AvgIpc) is 2.43. The molecular weight excluding hydrogens is 276 g/mol. The Kier molecular flexibility index (Phi) is 4.04. The van der Waals surface area contributed by atoms with Gasteiger partial charge >= 0.3 is 5.97 Å². The van der Waals surface area contributed by atoms with E-state index in [1.807, 2.05) is 0 Å². The van der Waals surface area contributed by atoms with Crippen LogP contribution in [0.2, 0.25) is 0 Å². The molecule has 110 valence electrons. The van der Waals surface area contributed by atoms with Crippen molar-refractivity contribution in [1.82, 2.24) is 10.3 Å². The molecule has 21 heavy (non-hydrogen) atoms. The highest BCUT2D eigenvalue weighted by Gasteiger charge is 2.25. The molecule has 1 heterocycles. The number of rotatable bonds is 4. The van der Waals surface area contributed by atoms with Gasteiger partial charge in [0, 0.05) is 5.39 Å². The number of hydrogen-bond acceptors (Lipinski definition) is 4. The number of aliphatic carboxylic acids is 1. The molecule has 1 amide bonds. The minimum absolute atomic E-state index is 0.0643. The van der Waals surface area contributed by atoms with Crippen LogP contribution in [-0.4, -0.2) is 39.2 Å².